The summed E-state index contributed by atoms with van der Waals surface area (Å²) in [6.07, 6.45) is 1.11. The number of rotatable bonds is 7. The maximum absolute atomic E-state index is 13.8. The molecule has 4 aromatic rings. The molecule has 2 aromatic carbocycles. The molecule has 1 saturated heterocycles. The van der Waals surface area contributed by atoms with Gasteiger partial charge >= 0.3 is 6.09 Å². The SMILES string of the molecule is CCOC(=O)N1CCN(S(=O)(=O)c2ccc(C(=O)N(Cc3ccco3)c3nc4cc(C)cc(C)c4s3)cc2)CC1. The number of carbonyl (C=O) groups is 2. The van der Waals surface area contributed by atoms with Gasteiger partial charge in [-0.05, 0) is 74.4 Å². The second-order valence-electron chi connectivity index (χ2n) is 9.51. The molecule has 210 valence electrons. The highest BCUT2D eigenvalue weighted by Gasteiger charge is 2.31. The number of amides is 2. The predicted octanol–water partition coefficient (Wildman–Crippen LogP) is 4.82. The van der Waals surface area contributed by atoms with Gasteiger partial charge in [-0.25, -0.2) is 18.2 Å². The molecule has 0 N–H and O–H groups in total. The van der Waals surface area contributed by atoms with Gasteiger partial charge in [0.05, 0.1) is 34.5 Å². The summed E-state index contributed by atoms with van der Waals surface area (Å²) >= 11 is 1.43. The monoisotopic (exact) mass is 582 g/mol. The molecule has 40 heavy (non-hydrogen) atoms. The van der Waals surface area contributed by atoms with Crippen molar-refractivity contribution in [3.63, 3.8) is 0 Å². The van der Waals surface area contributed by atoms with Crippen LogP contribution in [0.1, 0.15) is 34.2 Å². The molecule has 12 heteroatoms. The quantitative estimate of drug-likeness (QED) is 0.307. The summed E-state index contributed by atoms with van der Waals surface area (Å²) in [7, 11) is -3.80. The third-order valence-electron chi connectivity index (χ3n) is 6.68. The third kappa shape index (κ3) is 5.60. The normalized spacial score (nSPS) is 14.4. The number of piperazine rings is 1. The molecule has 2 amide bonds. The molecule has 0 radical (unpaired) electrons. The van der Waals surface area contributed by atoms with Crippen molar-refractivity contribution in [3.05, 3.63) is 77.2 Å². The Morgan fingerprint density at radius 1 is 1.07 bits per heavy atom. The van der Waals surface area contributed by atoms with E-state index in [0.29, 0.717) is 16.5 Å². The zero-order valence-electron chi connectivity index (χ0n) is 22.5. The van der Waals surface area contributed by atoms with Gasteiger partial charge in [0.15, 0.2) is 5.13 Å². The summed E-state index contributed by atoms with van der Waals surface area (Å²) in [5.74, 6) is 0.276. The number of benzene rings is 2. The molecule has 1 aliphatic heterocycles. The number of carbonyl (C=O) groups excluding carboxylic acids is 2. The summed E-state index contributed by atoms with van der Waals surface area (Å²) < 4.78 is 39.4. The second kappa shape index (κ2) is 11.4. The van der Waals surface area contributed by atoms with E-state index in [1.165, 1.54) is 44.8 Å². The number of aryl methyl sites for hydroxylation is 2. The molecular formula is C28H30N4O6S2. The highest BCUT2D eigenvalue weighted by atomic mass is 32.2. The number of fused-ring (bicyclic) bond motifs is 1. The number of aromatic nitrogens is 1. The van der Waals surface area contributed by atoms with Crippen LogP contribution in [-0.4, -0.2) is 67.4 Å². The minimum Gasteiger partial charge on any atom is -0.467 e. The fourth-order valence-corrected chi connectivity index (χ4v) is 7.10. The van der Waals surface area contributed by atoms with Crippen LogP contribution in [0.4, 0.5) is 9.93 Å². The van der Waals surface area contributed by atoms with Gasteiger partial charge in [0.25, 0.3) is 5.91 Å². The maximum atomic E-state index is 13.8. The van der Waals surface area contributed by atoms with E-state index in [1.807, 2.05) is 19.9 Å². The van der Waals surface area contributed by atoms with Gasteiger partial charge in [-0.2, -0.15) is 4.31 Å². The summed E-state index contributed by atoms with van der Waals surface area (Å²) in [5.41, 5.74) is 3.32. The van der Waals surface area contributed by atoms with E-state index in [0.717, 1.165) is 21.3 Å². The molecule has 0 atom stereocenters. The van der Waals surface area contributed by atoms with Crippen molar-refractivity contribution in [2.75, 3.05) is 37.7 Å². The second-order valence-corrected chi connectivity index (χ2v) is 12.4. The van der Waals surface area contributed by atoms with E-state index in [2.05, 4.69) is 6.07 Å². The van der Waals surface area contributed by atoms with Crippen LogP contribution < -0.4 is 4.90 Å². The highest BCUT2D eigenvalue weighted by molar-refractivity contribution is 7.89. The average Bonchev–Trinajstić information content (AvgIpc) is 3.62. The summed E-state index contributed by atoms with van der Waals surface area (Å²) in [6.45, 7) is 7.01. The summed E-state index contributed by atoms with van der Waals surface area (Å²) in [6, 6.07) is 13.5. The van der Waals surface area contributed by atoms with Gasteiger partial charge in [0.2, 0.25) is 10.0 Å². The number of sulfonamides is 1. The van der Waals surface area contributed by atoms with E-state index in [-0.39, 0.29) is 50.1 Å². The predicted molar refractivity (Wildman–Crippen MR) is 152 cm³/mol. The Hall–Kier alpha value is -3.74. The fraction of sp³-hybridized carbons (Fsp3) is 0.321. The zero-order chi connectivity index (χ0) is 28.4. The number of nitrogens with zero attached hydrogens (tertiary/aromatic N) is 4. The van der Waals surface area contributed by atoms with Crippen molar-refractivity contribution in [3.8, 4) is 0 Å². The number of furan rings is 1. The molecule has 0 unspecified atom stereocenters. The standard InChI is InChI=1S/C28H30N4O6S2/c1-4-37-28(34)30-11-13-31(14-12-30)40(35,36)23-9-7-21(8-10-23)26(33)32(18-22-6-5-15-38-22)27-29-24-17-19(2)16-20(3)25(24)39-27/h5-10,15-17H,4,11-14,18H2,1-3H3. The summed E-state index contributed by atoms with van der Waals surface area (Å²) in [4.78, 5) is 33.6. The Morgan fingerprint density at radius 3 is 2.45 bits per heavy atom. The lowest BCUT2D eigenvalue weighted by molar-refractivity contribution is 0.0933. The van der Waals surface area contributed by atoms with E-state index in [4.69, 9.17) is 14.1 Å². The average molecular weight is 583 g/mol. The van der Waals surface area contributed by atoms with Crippen LogP contribution in [0.2, 0.25) is 0 Å². The molecule has 0 bridgehead atoms. The minimum atomic E-state index is -3.80. The Balaban J connectivity index is 1.38. The minimum absolute atomic E-state index is 0.0808. The lowest BCUT2D eigenvalue weighted by atomic mass is 10.1. The maximum Gasteiger partial charge on any atom is 0.409 e. The molecule has 1 aliphatic rings. The van der Waals surface area contributed by atoms with E-state index < -0.39 is 16.1 Å². The van der Waals surface area contributed by atoms with Gasteiger partial charge in [-0.3, -0.25) is 9.69 Å². The number of ether oxygens (including phenoxy) is 1. The van der Waals surface area contributed by atoms with Crippen molar-refractivity contribution in [2.24, 2.45) is 0 Å². The Labute approximate surface area is 236 Å². The fourth-order valence-electron chi connectivity index (χ4n) is 4.67. The third-order valence-corrected chi connectivity index (χ3v) is 9.82. The van der Waals surface area contributed by atoms with E-state index in [1.54, 1.807) is 30.2 Å². The number of hydrogen-bond donors (Lipinski definition) is 0. The molecule has 3 heterocycles. The van der Waals surface area contributed by atoms with Crippen LogP contribution >= 0.6 is 11.3 Å². The molecule has 10 nitrogen and oxygen atoms in total. The Bertz CT molecular complexity index is 1620. The van der Waals surface area contributed by atoms with Crippen LogP contribution in [0.25, 0.3) is 10.2 Å². The van der Waals surface area contributed by atoms with E-state index in [9.17, 15) is 18.0 Å². The van der Waals surface area contributed by atoms with Gasteiger partial charge in [-0.1, -0.05) is 17.4 Å². The van der Waals surface area contributed by atoms with Gasteiger partial charge in [0.1, 0.15) is 5.76 Å². The van der Waals surface area contributed by atoms with Crippen molar-refractivity contribution in [1.82, 2.24) is 14.2 Å². The topological polar surface area (TPSA) is 113 Å². The van der Waals surface area contributed by atoms with Gasteiger partial charge < -0.3 is 14.1 Å². The largest absolute Gasteiger partial charge is 0.467 e. The van der Waals surface area contributed by atoms with Crippen LogP contribution in [0, 0.1) is 13.8 Å². The number of thiazole rings is 1. The zero-order valence-corrected chi connectivity index (χ0v) is 24.1. The lowest BCUT2D eigenvalue weighted by Gasteiger charge is -2.33. The van der Waals surface area contributed by atoms with Crippen LogP contribution in [0.3, 0.4) is 0 Å². The number of anilines is 1. The molecule has 0 spiro atoms. The first-order valence-corrected chi connectivity index (χ1v) is 15.2. The molecule has 2 aromatic heterocycles. The van der Waals surface area contributed by atoms with Crippen molar-refractivity contribution in [1.29, 1.82) is 0 Å². The van der Waals surface area contributed by atoms with Crippen LogP contribution in [0.15, 0.2) is 64.1 Å². The Morgan fingerprint density at radius 2 is 1.80 bits per heavy atom. The Kier molecular flexibility index (Phi) is 7.92. The molecule has 0 aliphatic carbocycles. The highest BCUT2D eigenvalue weighted by Crippen LogP contribution is 2.34. The van der Waals surface area contributed by atoms with E-state index >= 15 is 0 Å². The number of hydrogen-bond acceptors (Lipinski definition) is 8. The molecule has 1 fully saturated rings. The van der Waals surface area contributed by atoms with Crippen molar-refractivity contribution in [2.45, 2.75) is 32.2 Å². The lowest BCUT2D eigenvalue weighted by Crippen LogP contribution is -2.50. The van der Waals surface area contributed by atoms with Gasteiger partial charge in [-0.15, -0.1) is 0 Å². The first kappa shape index (κ1) is 27.8. The molecule has 0 saturated carbocycles. The van der Waals surface area contributed by atoms with Crippen LogP contribution in [-0.2, 0) is 21.3 Å². The molecule has 5 rings (SSSR count). The molecular weight excluding hydrogens is 552 g/mol. The van der Waals surface area contributed by atoms with Crippen molar-refractivity contribution >= 4 is 48.7 Å². The van der Waals surface area contributed by atoms with Crippen LogP contribution in [0.5, 0.6) is 0 Å². The first-order chi connectivity index (χ1) is 19.2. The smallest absolute Gasteiger partial charge is 0.409 e. The first-order valence-electron chi connectivity index (χ1n) is 12.9. The van der Waals surface area contributed by atoms with Gasteiger partial charge in [0, 0.05) is 31.7 Å². The summed E-state index contributed by atoms with van der Waals surface area (Å²) in [5, 5.41) is 0.529. The van der Waals surface area contributed by atoms with Crippen molar-refractivity contribution < 1.29 is 27.2 Å².